The van der Waals surface area contributed by atoms with Crippen molar-refractivity contribution in [1.29, 1.82) is 5.26 Å². The molecule has 2 amide bonds. The number of hydrogen-bond donors (Lipinski definition) is 0. The lowest BCUT2D eigenvalue weighted by Gasteiger charge is -2.24. The van der Waals surface area contributed by atoms with Crippen LogP contribution in [-0.2, 0) is 0 Å². The van der Waals surface area contributed by atoms with Crippen molar-refractivity contribution in [2.75, 3.05) is 27.2 Å². The smallest absolute Gasteiger partial charge is 0.319 e. The molecule has 88 valence electrons. The molecule has 1 aliphatic carbocycles. The van der Waals surface area contributed by atoms with Crippen LogP contribution in [0.25, 0.3) is 0 Å². The highest BCUT2D eigenvalue weighted by molar-refractivity contribution is 5.74. The minimum atomic E-state index is -0.150. The van der Waals surface area contributed by atoms with E-state index in [9.17, 15) is 4.79 Å². The second-order valence-electron chi connectivity index (χ2n) is 5.68. The van der Waals surface area contributed by atoms with Crippen molar-refractivity contribution in [3.8, 4) is 6.07 Å². The van der Waals surface area contributed by atoms with Gasteiger partial charge in [0.1, 0.15) is 0 Å². The first kappa shape index (κ1) is 11.3. The van der Waals surface area contributed by atoms with Gasteiger partial charge in [0.05, 0.1) is 11.5 Å². The minimum absolute atomic E-state index is 0.105. The van der Waals surface area contributed by atoms with E-state index in [1.807, 2.05) is 11.8 Å². The number of carbonyl (C=O) groups is 1. The lowest BCUT2D eigenvalue weighted by molar-refractivity contribution is 0.176. The topological polar surface area (TPSA) is 47.3 Å². The fourth-order valence-corrected chi connectivity index (χ4v) is 3.17. The molecule has 2 aliphatic rings. The fourth-order valence-electron chi connectivity index (χ4n) is 3.17. The Kier molecular flexibility index (Phi) is 2.57. The van der Waals surface area contributed by atoms with Gasteiger partial charge in [0.15, 0.2) is 0 Å². The van der Waals surface area contributed by atoms with E-state index in [1.54, 1.807) is 19.0 Å². The second kappa shape index (κ2) is 3.65. The molecule has 0 bridgehead atoms. The molecule has 1 unspecified atom stereocenters. The molecular weight excluding hydrogens is 202 g/mol. The summed E-state index contributed by atoms with van der Waals surface area (Å²) < 4.78 is 0. The molecule has 0 aromatic heterocycles. The monoisotopic (exact) mass is 221 g/mol. The third kappa shape index (κ3) is 1.75. The van der Waals surface area contributed by atoms with Crippen LogP contribution in [0.2, 0.25) is 0 Å². The summed E-state index contributed by atoms with van der Waals surface area (Å²) in [5.41, 5.74) is -0.150. The first-order valence-corrected chi connectivity index (χ1v) is 5.83. The van der Waals surface area contributed by atoms with Gasteiger partial charge in [0, 0.05) is 27.2 Å². The van der Waals surface area contributed by atoms with Gasteiger partial charge in [0.25, 0.3) is 0 Å². The number of carbonyl (C=O) groups excluding carboxylic acids is 1. The second-order valence-corrected chi connectivity index (χ2v) is 5.68. The molecule has 4 heteroatoms. The Morgan fingerprint density at radius 3 is 2.25 bits per heavy atom. The summed E-state index contributed by atoms with van der Waals surface area (Å²) >= 11 is 0. The van der Waals surface area contributed by atoms with E-state index in [-0.39, 0.29) is 11.4 Å². The van der Waals surface area contributed by atoms with Crippen LogP contribution in [0.4, 0.5) is 4.79 Å². The van der Waals surface area contributed by atoms with Crippen molar-refractivity contribution < 1.29 is 4.79 Å². The standard InChI is InChI=1S/C12H19N3O/c1-12(8-13)4-9-6-15(7-10(9)5-12)11(16)14(2)3/h9-10H,4-7H2,1-3H3/t9-,10+,12?. The predicted molar refractivity (Wildman–Crippen MR) is 60.6 cm³/mol. The number of fused-ring (bicyclic) bond motifs is 1. The number of hydrogen-bond acceptors (Lipinski definition) is 2. The quantitative estimate of drug-likeness (QED) is 0.623. The Balaban J connectivity index is 1.99. The summed E-state index contributed by atoms with van der Waals surface area (Å²) in [7, 11) is 3.58. The molecule has 0 radical (unpaired) electrons. The zero-order valence-electron chi connectivity index (χ0n) is 10.2. The Bertz CT molecular complexity index is 331. The lowest BCUT2D eigenvalue weighted by Crippen LogP contribution is -2.38. The fraction of sp³-hybridized carbons (Fsp3) is 0.833. The van der Waals surface area contributed by atoms with Crippen LogP contribution in [0.3, 0.4) is 0 Å². The number of amides is 2. The summed E-state index contributed by atoms with van der Waals surface area (Å²) in [6.45, 7) is 3.71. The Labute approximate surface area is 96.8 Å². The zero-order chi connectivity index (χ0) is 11.9. The van der Waals surface area contributed by atoms with Gasteiger partial charge in [-0.2, -0.15) is 5.26 Å². The van der Waals surface area contributed by atoms with Crippen LogP contribution < -0.4 is 0 Å². The number of nitriles is 1. The van der Waals surface area contributed by atoms with Gasteiger partial charge < -0.3 is 9.80 Å². The number of urea groups is 1. The van der Waals surface area contributed by atoms with Crippen molar-refractivity contribution >= 4 is 6.03 Å². The average Bonchev–Trinajstić information content (AvgIpc) is 2.71. The number of rotatable bonds is 0. The minimum Gasteiger partial charge on any atom is -0.331 e. The summed E-state index contributed by atoms with van der Waals surface area (Å²) in [5.74, 6) is 1.07. The maximum atomic E-state index is 11.8. The molecule has 16 heavy (non-hydrogen) atoms. The lowest BCUT2D eigenvalue weighted by atomic mass is 9.89. The van der Waals surface area contributed by atoms with Crippen molar-refractivity contribution in [2.24, 2.45) is 17.3 Å². The van der Waals surface area contributed by atoms with E-state index in [0.29, 0.717) is 11.8 Å². The maximum Gasteiger partial charge on any atom is 0.319 e. The molecule has 2 fully saturated rings. The van der Waals surface area contributed by atoms with Gasteiger partial charge in [-0.25, -0.2) is 4.79 Å². The summed E-state index contributed by atoms with van der Waals surface area (Å²) in [6, 6.07) is 2.53. The predicted octanol–water partition coefficient (Wildman–Crippen LogP) is 1.54. The van der Waals surface area contributed by atoms with Crippen molar-refractivity contribution in [3.05, 3.63) is 0 Å². The van der Waals surface area contributed by atoms with Crippen molar-refractivity contribution in [3.63, 3.8) is 0 Å². The molecule has 0 aromatic carbocycles. The van der Waals surface area contributed by atoms with Gasteiger partial charge >= 0.3 is 6.03 Å². The van der Waals surface area contributed by atoms with E-state index in [0.717, 1.165) is 25.9 Å². The van der Waals surface area contributed by atoms with Crippen LogP contribution in [0.1, 0.15) is 19.8 Å². The van der Waals surface area contributed by atoms with Gasteiger partial charge in [-0.3, -0.25) is 0 Å². The average molecular weight is 221 g/mol. The Morgan fingerprint density at radius 1 is 1.38 bits per heavy atom. The van der Waals surface area contributed by atoms with Crippen LogP contribution in [0.15, 0.2) is 0 Å². The molecular formula is C12H19N3O. The molecule has 1 aliphatic heterocycles. The molecule has 1 heterocycles. The first-order chi connectivity index (χ1) is 7.45. The van der Waals surface area contributed by atoms with Crippen LogP contribution in [-0.4, -0.2) is 43.0 Å². The number of nitrogens with zero attached hydrogens (tertiary/aromatic N) is 3. The highest BCUT2D eigenvalue weighted by Crippen LogP contribution is 2.48. The number of likely N-dealkylation sites (tertiary alicyclic amines) is 1. The highest BCUT2D eigenvalue weighted by Gasteiger charge is 2.48. The SMILES string of the molecule is CN(C)C(=O)N1C[C@@H]2CC(C)(C#N)C[C@@H]2C1. The summed E-state index contributed by atoms with van der Waals surface area (Å²) in [6.07, 6.45) is 1.90. The third-order valence-electron chi connectivity index (χ3n) is 3.92. The van der Waals surface area contributed by atoms with Gasteiger partial charge in [-0.1, -0.05) is 0 Å². The van der Waals surface area contributed by atoms with E-state index in [2.05, 4.69) is 6.07 Å². The van der Waals surface area contributed by atoms with E-state index in [4.69, 9.17) is 5.26 Å². The van der Waals surface area contributed by atoms with Crippen molar-refractivity contribution in [2.45, 2.75) is 19.8 Å². The van der Waals surface area contributed by atoms with Crippen molar-refractivity contribution in [1.82, 2.24) is 9.80 Å². The summed E-state index contributed by atoms with van der Waals surface area (Å²) in [4.78, 5) is 15.3. The summed E-state index contributed by atoms with van der Waals surface area (Å²) in [5, 5.41) is 9.10. The zero-order valence-corrected chi connectivity index (χ0v) is 10.2. The van der Waals surface area contributed by atoms with E-state index in [1.165, 1.54) is 0 Å². The largest absolute Gasteiger partial charge is 0.331 e. The van der Waals surface area contributed by atoms with Gasteiger partial charge in [-0.05, 0) is 31.6 Å². The first-order valence-electron chi connectivity index (χ1n) is 5.83. The molecule has 3 atom stereocenters. The van der Waals surface area contributed by atoms with Gasteiger partial charge in [0.2, 0.25) is 0 Å². The molecule has 0 spiro atoms. The Hall–Kier alpha value is -1.24. The molecule has 1 saturated carbocycles. The molecule has 0 aromatic rings. The van der Waals surface area contributed by atoms with Crippen LogP contribution in [0, 0.1) is 28.6 Å². The highest BCUT2D eigenvalue weighted by atomic mass is 16.2. The van der Waals surface area contributed by atoms with E-state index >= 15 is 0 Å². The molecule has 0 N–H and O–H groups in total. The van der Waals surface area contributed by atoms with Gasteiger partial charge in [-0.15, -0.1) is 0 Å². The maximum absolute atomic E-state index is 11.8. The molecule has 2 rings (SSSR count). The van der Waals surface area contributed by atoms with E-state index < -0.39 is 0 Å². The Morgan fingerprint density at radius 2 is 1.88 bits per heavy atom. The molecule has 1 saturated heterocycles. The normalized spacial score (nSPS) is 37.0. The van der Waals surface area contributed by atoms with Crippen LogP contribution >= 0.6 is 0 Å². The van der Waals surface area contributed by atoms with Crippen LogP contribution in [0.5, 0.6) is 0 Å². The molecule has 4 nitrogen and oxygen atoms in total. The third-order valence-corrected chi connectivity index (χ3v) is 3.92.